The van der Waals surface area contributed by atoms with Crippen molar-refractivity contribution in [3.63, 3.8) is 0 Å². The first kappa shape index (κ1) is 30.0. The number of carbonyl (C=O) groups excluding carboxylic acids is 2. The lowest BCUT2D eigenvalue weighted by molar-refractivity contribution is -0.140. The highest BCUT2D eigenvalue weighted by Gasteiger charge is 2.54. The monoisotopic (exact) mass is 607 g/mol. The zero-order valence-corrected chi connectivity index (χ0v) is 25.5. The summed E-state index contributed by atoms with van der Waals surface area (Å²) in [5.74, 6) is -1.98. The zero-order valence-electron chi connectivity index (χ0n) is 24.7. The number of allylic oxidation sites excluding steroid dienone is 2. The Balaban J connectivity index is 1.29. The number of hydrogen-bond acceptors (Lipinski definition) is 6. The van der Waals surface area contributed by atoms with Crippen molar-refractivity contribution < 1.29 is 24.9 Å². The lowest BCUT2D eigenvalue weighted by Gasteiger charge is -2.36. The van der Waals surface area contributed by atoms with Gasteiger partial charge in [0.2, 0.25) is 11.8 Å². The molecule has 0 unspecified atom stereocenters. The Morgan fingerprint density at radius 3 is 2.43 bits per heavy atom. The summed E-state index contributed by atoms with van der Waals surface area (Å²) in [6.07, 6.45) is 3.24. The number of carbonyl (C=O) groups is 2. The van der Waals surface area contributed by atoms with E-state index in [9.17, 15) is 24.9 Å². The highest BCUT2D eigenvalue weighted by atomic mass is 32.1. The second-order valence-corrected chi connectivity index (χ2v) is 12.7. The van der Waals surface area contributed by atoms with E-state index in [0.29, 0.717) is 25.7 Å². The van der Waals surface area contributed by atoms with E-state index in [4.69, 9.17) is 0 Å². The average Bonchev–Trinajstić information content (AvgIpc) is 3.66. The summed E-state index contributed by atoms with van der Waals surface area (Å²) >= 11 is 1.51. The number of likely N-dealkylation sites (tertiary alicyclic amines) is 1. The number of aliphatic hydroxyl groups is 2. The predicted octanol–water partition coefficient (Wildman–Crippen LogP) is 6.81. The molecule has 0 bridgehead atoms. The minimum absolute atomic E-state index is 0.179. The van der Waals surface area contributed by atoms with Crippen LogP contribution < -0.4 is 0 Å². The first-order valence-corrected chi connectivity index (χ1v) is 16.1. The van der Waals surface area contributed by atoms with Crippen molar-refractivity contribution >= 4 is 45.6 Å². The molecule has 7 heteroatoms. The van der Waals surface area contributed by atoms with Crippen LogP contribution in [0.4, 0.5) is 0 Å². The SMILES string of the molecule is CCC1=C([C@H](O)CC/C(=C/c2ccc(O)c3ccccc23)c2ccccc2)[C@H](CO)[C@@H]2C(=O)N(Cc3cccs3)C(=O)[C@@H]2C1. The molecule has 2 heterocycles. The van der Waals surface area contributed by atoms with E-state index in [0.717, 1.165) is 43.5 Å². The van der Waals surface area contributed by atoms with Gasteiger partial charge in [0.25, 0.3) is 0 Å². The molecule has 1 fully saturated rings. The first-order chi connectivity index (χ1) is 21.4. The summed E-state index contributed by atoms with van der Waals surface area (Å²) in [4.78, 5) is 29.4. The molecule has 6 rings (SSSR count). The van der Waals surface area contributed by atoms with Crippen LogP contribution in [0.3, 0.4) is 0 Å². The Labute approximate surface area is 261 Å². The van der Waals surface area contributed by atoms with Gasteiger partial charge in [0.15, 0.2) is 0 Å². The van der Waals surface area contributed by atoms with Crippen LogP contribution in [0.1, 0.15) is 48.6 Å². The number of thiophene rings is 1. The van der Waals surface area contributed by atoms with Crippen LogP contribution in [0, 0.1) is 17.8 Å². The Kier molecular flexibility index (Phi) is 8.80. The van der Waals surface area contributed by atoms with E-state index >= 15 is 0 Å². The van der Waals surface area contributed by atoms with Crippen LogP contribution in [0.5, 0.6) is 5.75 Å². The quantitative estimate of drug-likeness (QED) is 0.105. The van der Waals surface area contributed by atoms with Gasteiger partial charge in [0.1, 0.15) is 5.75 Å². The van der Waals surface area contributed by atoms with Crippen LogP contribution >= 0.6 is 11.3 Å². The van der Waals surface area contributed by atoms with Gasteiger partial charge in [0, 0.05) is 16.2 Å². The molecule has 1 saturated heterocycles. The summed E-state index contributed by atoms with van der Waals surface area (Å²) in [5, 5.41) is 36.4. The summed E-state index contributed by atoms with van der Waals surface area (Å²) in [7, 11) is 0. The van der Waals surface area contributed by atoms with Crippen LogP contribution in [0.25, 0.3) is 22.4 Å². The Bertz CT molecular complexity index is 1730. The van der Waals surface area contributed by atoms with E-state index in [1.54, 1.807) is 6.07 Å². The van der Waals surface area contributed by atoms with E-state index in [2.05, 4.69) is 6.08 Å². The van der Waals surface area contributed by atoms with Crippen LogP contribution in [0.2, 0.25) is 0 Å². The molecule has 226 valence electrons. The number of amides is 2. The van der Waals surface area contributed by atoms with Crippen molar-refractivity contribution in [2.24, 2.45) is 17.8 Å². The van der Waals surface area contributed by atoms with Crippen molar-refractivity contribution in [1.29, 1.82) is 0 Å². The van der Waals surface area contributed by atoms with Gasteiger partial charge in [-0.3, -0.25) is 14.5 Å². The zero-order chi connectivity index (χ0) is 30.8. The fraction of sp³-hybridized carbons (Fsp3) is 0.297. The van der Waals surface area contributed by atoms with Crippen molar-refractivity contribution in [3.8, 4) is 5.75 Å². The number of hydrogen-bond donors (Lipinski definition) is 3. The molecular formula is C37H37NO5S. The standard InChI is InChI=1S/C37H37NO5S/c1-2-23-20-30-35(37(43)38(36(30)42)21-27-11-8-18-44-27)31(22-39)34(23)33(41)17-14-25(24-9-4-3-5-10-24)19-26-15-16-32(40)29-13-7-6-12-28(26)29/h3-13,15-16,18-19,30-31,33,35,39-41H,2,14,17,20-22H2,1H3/b25-19-/t30-,31+,33-,35-/m1/s1. The van der Waals surface area contributed by atoms with E-state index in [-0.39, 0.29) is 30.7 Å². The second kappa shape index (κ2) is 12.9. The number of nitrogens with zero attached hydrogens (tertiary/aromatic N) is 1. The number of fused-ring (bicyclic) bond motifs is 2. The maximum Gasteiger partial charge on any atom is 0.234 e. The fourth-order valence-electron chi connectivity index (χ4n) is 7.10. The largest absolute Gasteiger partial charge is 0.507 e. The second-order valence-electron chi connectivity index (χ2n) is 11.7. The summed E-state index contributed by atoms with van der Waals surface area (Å²) in [5.41, 5.74) is 4.71. The number of phenolic OH excluding ortho intramolecular Hbond substituents is 1. The Morgan fingerprint density at radius 1 is 0.977 bits per heavy atom. The van der Waals surface area contributed by atoms with Gasteiger partial charge in [-0.1, -0.05) is 85.3 Å². The topological polar surface area (TPSA) is 98.1 Å². The van der Waals surface area contributed by atoms with Crippen molar-refractivity contribution in [1.82, 2.24) is 4.90 Å². The summed E-state index contributed by atoms with van der Waals surface area (Å²) < 4.78 is 0. The first-order valence-electron chi connectivity index (χ1n) is 15.3. The molecule has 1 aromatic heterocycles. The number of aliphatic hydroxyl groups excluding tert-OH is 2. The maximum absolute atomic E-state index is 13.7. The minimum atomic E-state index is -0.874. The molecule has 1 aliphatic carbocycles. The van der Waals surface area contributed by atoms with E-state index in [1.807, 2.05) is 85.1 Å². The number of aromatic hydroxyl groups is 1. The smallest absolute Gasteiger partial charge is 0.234 e. The molecule has 6 nitrogen and oxygen atoms in total. The summed E-state index contributed by atoms with van der Waals surface area (Å²) in [6.45, 7) is 1.95. The molecule has 2 amide bonds. The molecule has 4 atom stereocenters. The third kappa shape index (κ3) is 5.63. The maximum atomic E-state index is 13.7. The lowest BCUT2D eigenvalue weighted by atomic mass is 9.67. The molecule has 0 saturated carbocycles. The predicted molar refractivity (Wildman–Crippen MR) is 175 cm³/mol. The van der Waals surface area contributed by atoms with Crippen LogP contribution in [0.15, 0.2) is 95.4 Å². The van der Waals surface area contributed by atoms with Gasteiger partial charge >= 0.3 is 0 Å². The Hall–Kier alpha value is -4.04. The van der Waals surface area contributed by atoms with Gasteiger partial charge in [-0.2, -0.15) is 0 Å². The molecule has 2 aliphatic rings. The number of benzene rings is 3. The van der Waals surface area contributed by atoms with Gasteiger partial charge in [-0.25, -0.2) is 0 Å². The molecule has 0 spiro atoms. The lowest BCUT2D eigenvalue weighted by Crippen LogP contribution is -2.39. The highest BCUT2D eigenvalue weighted by molar-refractivity contribution is 7.09. The van der Waals surface area contributed by atoms with E-state index in [1.165, 1.54) is 16.2 Å². The highest BCUT2D eigenvalue weighted by Crippen LogP contribution is 2.47. The molecule has 3 N–H and O–H groups in total. The molecule has 44 heavy (non-hydrogen) atoms. The van der Waals surface area contributed by atoms with Gasteiger partial charge in [-0.05, 0) is 70.9 Å². The van der Waals surface area contributed by atoms with Gasteiger partial charge in [-0.15, -0.1) is 11.3 Å². The Morgan fingerprint density at radius 2 is 1.73 bits per heavy atom. The molecule has 0 radical (unpaired) electrons. The number of rotatable bonds is 10. The molecule has 4 aromatic rings. The number of imide groups is 1. The third-order valence-electron chi connectivity index (χ3n) is 9.25. The van der Waals surface area contributed by atoms with Crippen molar-refractivity contribution in [2.75, 3.05) is 6.61 Å². The minimum Gasteiger partial charge on any atom is -0.507 e. The van der Waals surface area contributed by atoms with Crippen LogP contribution in [-0.2, 0) is 16.1 Å². The summed E-state index contributed by atoms with van der Waals surface area (Å²) in [6, 6.07) is 25.2. The molecule has 3 aromatic carbocycles. The van der Waals surface area contributed by atoms with Gasteiger partial charge < -0.3 is 15.3 Å². The fourth-order valence-corrected chi connectivity index (χ4v) is 7.79. The molecule has 1 aliphatic heterocycles. The average molecular weight is 608 g/mol. The number of phenols is 1. The van der Waals surface area contributed by atoms with Crippen molar-refractivity contribution in [2.45, 2.75) is 45.3 Å². The van der Waals surface area contributed by atoms with Gasteiger partial charge in [0.05, 0.1) is 31.1 Å². The van der Waals surface area contributed by atoms with Crippen LogP contribution in [-0.4, -0.2) is 44.7 Å². The van der Waals surface area contributed by atoms with Crippen molar-refractivity contribution in [3.05, 3.63) is 111 Å². The molecular weight excluding hydrogens is 570 g/mol. The third-order valence-corrected chi connectivity index (χ3v) is 10.1. The van der Waals surface area contributed by atoms with E-state index < -0.39 is 23.9 Å². The normalized spacial score (nSPS) is 21.3.